The van der Waals surface area contributed by atoms with E-state index in [9.17, 15) is 14.4 Å². The van der Waals surface area contributed by atoms with Gasteiger partial charge in [0.1, 0.15) is 6.33 Å². The number of carbonyl (C=O) groups is 3. The number of halogens is 2. The SMILES string of the molecule is COC(=O)c1cc(Cl)c(Cl)cc1NC(=O)c1cc(CNC(N)=O)c(-n2ccnc2)nn1. The van der Waals surface area contributed by atoms with Gasteiger partial charge in [-0.15, -0.1) is 10.2 Å². The molecule has 1 aromatic carbocycles. The Balaban J connectivity index is 1.95. The Morgan fingerprint density at radius 2 is 1.90 bits per heavy atom. The second kappa shape index (κ2) is 9.41. The van der Waals surface area contributed by atoms with Crippen LogP contribution in [0.15, 0.2) is 36.9 Å². The molecule has 0 saturated carbocycles. The zero-order valence-electron chi connectivity index (χ0n) is 15.9. The highest BCUT2D eigenvalue weighted by atomic mass is 35.5. The molecular weight excluding hydrogens is 449 g/mol. The number of nitrogens with zero attached hydrogens (tertiary/aromatic N) is 4. The van der Waals surface area contributed by atoms with Crippen LogP contribution in [0.1, 0.15) is 26.4 Å². The number of aromatic nitrogens is 4. The van der Waals surface area contributed by atoms with Gasteiger partial charge in [0, 0.05) is 24.5 Å². The summed E-state index contributed by atoms with van der Waals surface area (Å²) in [5, 5.41) is 13.2. The van der Waals surface area contributed by atoms with E-state index in [-0.39, 0.29) is 33.5 Å². The van der Waals surface area contributed by atoms with E-state index in [2.05, 4.69) is 25.8 Å². The number of imidazole rings is 1. The van der Waals surface area contributed by atoms with Crippen molar-refractivity contribution in [2.75, 3.05) is 12.4 Å². The van der Waals surface area contributed by atoms with E-state index >= 15 is 0 Å². The first-order valence-electron chi connectivity index (χ1n) is 8.57. The van der Waals surface area contributed by atoms with Gasteiger partial charge in [-0.2, -0.15) is 0 Å². The molecule has 0 atom stereocenters. The predicted octanol–water partition coefficient (Wildman–Crippen LogP) is 2.18. The average molecular weight is 464 g/mol. The maximum atomic E-state index is 12.8. The van der Waals surface area contributed by atoms with Gasteiger partial charge in [-0.25, -0.2) is 14.6 Å². The smallest absolute Gasteiger partial charge is 0.340 e. The molecule has 4 N–H and O–H groups in total. The lowest BCUT2D eigenvalue weighted by Crippen LogP contribution is -2.29. The first-order chi connectivity index (χ1) is 14.8. The number of nitrogens with two attached hydrogens (primary N) is 1. The molecule has 3 amide bonds. The molecule has 2 aromatic heterocycles. The molecule has 3 rings (SSSR count). The van der Waals surface area contributed by atoms with Crippen LogP contribution in [0.3, 0.4) is 0 Å². The van der Waals surface area contributed by atoms with Gasteiger partial charge in [-0.05, 0) is 18.2 Å². The third kappa shape index (κ3) is 5.08. The summed E-state index contributed by atoms with van der Waals surface area (Å²) in [6.07, 6.45) is 4.64. The van der Waals surface area contributed by atoms with Gasteiger partial charge in [0.05, 0.1) is 28.4 Å². The maximum Gasteiger partial charge on any atom is 0.340 e. The monoisotopic (exact) mass is 463 g/mol. The number of urea groups is 1. The number of hydrogen-bond acceptors (Lipinski definition) is 7. The van der Waals surface area contributed by atoms with Crippen LogP contribution in [0, 0.1) is 0 Å². The van der Waals surface area contributed by atoms with Gasteiger partial charge in [0.25, 0.3) is 5.91 Å². The molecule has 0 spiro atoms. The quantitative estimate of drug-likeness (QED) is 0.473. The van der Waals surface area contributed by atoms with E-state index in [1.165, 1.54) is 37.8 Å². The molecule has 0 radical (unpaired) electrons. The van der Waals surface area contributed by atoms with Gasteiger partial charge in [-0.3, -0.25) is 9.36 Å². The summed E-state index contributed by atoms with van der Waals surface area (Å²) < 4.78 is 6.27. The molecule has 11 nitrogen and oxygen atoms in total. The number of rotatable bonds is 6. The molecule has 160 valence electrons. The molecule has 0 fully saturated rings. The van der Waals surface area contributed by atoms with E-state index in [0.29, 0.717) is 11.4 Å². The van der Waals surface area contributed by atoms with E-state index < -0.39 is 17.9 Å². The molecule has 0 bridgehead atoms. The van der Waals surface area contributed by atoms with Gasteiger partial charge >= 0.3 is 12.0 Å². The van der Waals surface area contributed by atoms with Crippen LogP contribution in [0.5, 0.6) is 0 Å². The standard InChI is InChI=1S/C18H15Cl2N7O4/c1-31-17(29)10-5-11(19)12(20)6-13(10)24-16(28)14-4-9(7-23-18(21)30)15(26-25-14)27-3-2-22-8-27/h2-6,8H,7H2,1H3,(H,24,28)(H3,21,23,30). The summed E-state index contributed by atoms with van der Waals surface area (Å²) in [4.78, 5) is 39.9. The van der Waals surface area contributed by atoms with Crippen LogP contribution < -0.4 is 16.4 Å². The van der Waals surface area contributed by atoms with Crippen molar-refractivity contribution in [2.45, 2.75) is 6.54 Å². The topological polar surface area (TPSA) is 154 Å². The zero-order valence-corrected chi connectivity index (χ0v) is 17.4. The molecular formula is C18H15Cl2N7O4. The maximum absolute atomic E-state index is 12.8. The Labute approximate surface area is 185 Å². The van der Waals surface area contributed by atoms with Crippen molar-refractivity contribution in [2.24, 2.45) is 5.73 Å². The summed E-state index contributed by atoms with van der Waals surface area (Å²) in [6.45, 7) is -0.0150. The van der Waals surface area contributed by atoms with Crippen molar-refractivity contribution >= 4 is 46.8 Å². The molecule has 3 aromatic rings. The number of carbonyl (C=O) groups excluding carboxylic acids is 3. The van der Waals surface area contributed by atoms with Crippen molar-refractivity contribution in [1.82, 2.24) is 25.1 Å². The van der Waals surface area contributed by atoms with Crippen molar-refractivity contribution in [1.29, 1.82) is 0 Å². The number of ether oxygens (including phenoxy) is 1. The Kier molecular flexibility index (Phi) is 6.68. The fourth-order valence-corrected chi connectivity index (χ4v) is 2.89. The van der Waals surface area contributed by atoms with E-state index in [1.54, 1.807) is 10.8 Å². The summed E-state index contributed by atoms with van der Waals surface area (Å²) in [5.41, 5.74) is 5.57. The Hall–Kier alpha value is -3.70. The molecule has 0 aliphatic carbocycles. The lowest BCUT2D eigenvalue weighted by molar-refractivity contribution is 0.0602. The molecule has 0 saturated heterocycles. The number of benzene rings is 1. The molecule has 0 aliphatic heterocycles. The Morgan fingerprint density at radius 1 is 1.16 bits per heavy atom. The Morgan fingerprint density at radius 3 is 2.55 bits per heavy atom. The third-order valence-electron chi connectivity index (χ3n) is 4.00. The molecule has 2 heterocycles. The van der Waals surface area contributed by atoms with Gasteiger partial charge < -0.3 is 21.1 Å². The number of primary amides is 1. The molecule has 31 heavy (non-hydrogen) atoms. The third-order valence-corrected chi connectivity index (χ3v) is 4.72. The van der Waals surface area contributed by atoms with Crippen molar-refractivity contribution in [3.63, 3.8) is 0 Å². The number of esters is 1. The van der Waals surface area contributed by atoms with Gasteiger partial charge in [0.2, 0.25) is 0 Å². The van der Waals surface area contributed by atoms with Crippen LogP contribution >= 0.6 is 23.2 Å². The van der Waals surface area contributed by atoms with Crippen LogP contribution in [0.2, 0.25) is 10.0 Å². The second-order valence-corrected chi connectivity index (χ2v) is 6.84. The summed E-state index contributed by atoms with van der Waals surface area (Å²) in [7, 11) is 1.19. The van der Waals surface area contributed by atoms with Crippen LogP contribution in [0.25, 0.3) is 5.82 Å². The fourth-order valence-electron chi connectivity index (χ4n) is 2.56. The highest BCUT2D eigenvalue weighted by Crippen LogP contribution is 2.30. The summed E-state index contributed by atoms with van der Waals surface area (Å²) in [6, 6.07) is 3.26. The number of nitrogens with one attached hydrogen (secondary N) is 2. The molecule has 0 unspecified atom stereocenters. The van der Waals surface area contributed by atoms with Gasteiger partial charge in [-0.1, -0.05) is 23.2 Å². The predicted molar refractivity (Wildman–Crippen MR) is 111 cm³/mol. The molecule has 13 heteroatoms. The van der Waals surface area contributed by atoms with Crippen LogP contribution in [-0.4, -0.2) is 44.8 Å². The summed E-state index contributed by atoms with van der Waals surface area (Å²) >= 11 is 12.0. The number of anilines is 1. The summed E-state index contributed by atoms with van der Waals surface area (Å²) in [5.74, 6) is -1.07. The second-order valence-electron chi connectivity index (χ2n) is 6.02. The van der Waals surface area contributed by atoms with Crippen LogP contribution in [0.4, 0.5) is 10.5 Å². The normalized spacial score (nSPS) is 10.4. The fraction of sp³-hybridized carbons (Fsp3) is 0.111. The largest absolute Gasteiger partial charge is 0.465 e. The highest BCUT2D eigenvalue weighted by molar-refractivity contribution is 6.42. The average Bonchev–Trinajstić information content (AvgIpc) is 3.28. The minimum Gasteiger partial charge on any atom is -0.465 e. The number of methoxy groups -OCH3 is 1. The minimum absolute atomic E-state index is 0.00358. The first kappa shape index (κ1) is 22.0. The van der Waals surface area contributed by atoms with Crippen molar-refractivity contribution in [3.05, 3.63) is 63.8 Å². The van der Waals surface area contributed by atoms with Crippen molar-refractivity contribution < 1.29 is 19.1 Å². The van der Waals surface area contributed by atoms with Crippen LogP contribution in [-0.2, 0) is 11.3 Å². The molecule has 0 aliphatic rings. The van der Waals surface area contributed by atoms with Gasteiger partial charge in [0.15, 0.2) is 11.5 Å². The zero-order chi connectivity index (χ0) is 22.5. The lowest BCUT2D eigenvalue weighted by Gasteiger charge is -2.13. The van der Waals surface area contributed by atoms with E-state index in [1.807, 2.05) is 0 Å². The van der Waals surface area contributed by atoms with E-state index in [4.69, 9.17) is 33.7 Å². The number of hydrogen-bond donors (Lipinski definition) is 3. The Bertz CT molecular complexity index is 1150. The highest BCUT2D eigenvalue weighted by Gasteiger charge is 2.20. The minimum atomic E-state index is -0.752. The first-order valence-corrected chi connectivity index (χ1v) is 9.32. The lowest BCUT2D eigenvalue weighted by atomic mass is 10.1. The van der Waals surface area contributed by atoms with E-state index in [0.717, 1.165) is 0 Å². The number of amides is 3. The van der Waals surface area contributed by atoms with Crippen molar-refractivity contribution in [3.8, 4) is 5.82 Å².